The summed E-state index contributed by atoms with van der Waals surface area (Å²) in [7, 11) is 0. The third kappa shape index (κ3) is 5.28. The molecule has 0 bridgehead atoms. The summed E-state index contributed by atoms with van der Waals surface area (Å²) in [6, 6.07) is 22.5. The average molecular weight is 546 g/mol. The molecule has 0 aromatic heterocycles. The molecule has 1 aliphatic rings. The van der Waals surface area contributed by atoms with Crippen LogP contribution in [0.4, 0.5) is 18.0 Å². The lowest BCUT2D eigenvalue weighted by Crippen LogP contribution is -2.31. The summed E-state index contributed by atoms with van der Waals surface area (Å²) < 4.78 is 46.0. The van der Waals surface area contributed by atoms with E-state index in [-0.39, 0.29) is 12.3 Å². The zero-order chi connectivity index (χ0) is 28.8. The molecule has 1 N–H and O–H groups in total. The second-order valence-electron chi connectivity index (χ2n) is 10.5. The second-order valence-corrected chi connectivity index (χ2v) is 10.5. The molecule has 206 valence electrons. The highest BCUT2D eigenvalue weighted by Gasteiger charge is 2.41. The van der Waals surface area contributed by atoms with Gasteiger partial charge in [0.2, 0.25) is 0 Å². The fourth-order valence-electron chi connectivity index (χ4n) is 5.42. The number of hydrogen-bond donors (Lipinski definition) is 1. The first-order chi connectivity index (χ1) is 18.9. The van der Waals surface area contributed by atoms with Crippen molar-refractivity contribution in [2.24, 2.45) is 0 Å². The van der Waals surface area contributed by atoms with Crippen LogP contribution >= 0.6 is 0 Å². The number of phenols is 1. The molecule has 0 aliphatic carbocycles. The zero-order valence-electron chi connectivity index (χ0n) is 22.7. The molecule has 2 atom stereocenters. The van der Waals surface area contributed by atoms with E-state index in [0.29, 0.717) is 16.7 Å². The molecule has 4 aromatic rings. The number of halogens is 3. The number of phenolic OH excluding ortho intramolecular Hbond substituents is 1. The van der Waals surface area contributed by atoms with Gasteiger partial charge >= 0.3 is 12.3 Å². The van der Waals surface area contributed by atoms with Gasteiger partial charge in [-0.25, -0.2) is 4.79 Å². The van der Waals surface area contributed by atoms with Gasteiger partial charge in [0, 0.05) is 5.56 Å². The van der Waals surface area contributed by atoms with Gasteiger partial charge in [-0.2, -0.15) is 13.2 Å². The van der Waals surface area contributed by atoms with E-state index in [1.807, 2.05) is 68.4 Å². The van der Waals surface area contributed by atoms with Crippen LogP contribution in [0.5, 0.6) is 5.75 Å². The number of benzene rings is 4. The van der Waals surface area contributed by atoms with Gasteiger partial charge in [-0.15, -0.1) is 0 Å². The van der Waals surface area contributed by atoms with Crippen LogP contribution in [0.1, 0.15) is 46.4 Å². The van der Waals surface area contributed by atoms with Crippen LogP contribution in [0.25, 0.3) is 22.3 Å². The number of carbonyl (C=O) groups is 1. The molecule has 1 fully saturated rings. The molecule has 5 rings (SSSR count). The SMILES string of the molecule is Cc1cc([C@H]2OC(=O)N(Cc3cc(C)ccc3-c3cc(-c4ccccc4C)ccc3O)[C@H]2C)cc(C(F)(F)F)c1. The number of alkyl halides is 3. The number of amides is 1. The van der Waals surface area contributed by atoms with Gasteiger partial charge in [-0.1, -0.05) is 65.7 Å². The monoisotopic (exact) mass is 545 g/mol. The molecule has 4 nitrogen and oxygen atoms in total. The summed E-state index contributed by atoms with van der Waals surface area (Å²) in [5, 5.41) is 10.9. The van der Waals surface area contributed by atoms with Gasteiger partial charge in [0.15, 0.2) is 0 Å². The first-order valence-corrected chi connectivity index (χ1v) is 13.1. The molecule has 0 saturated carbocycles. The third-order valence-corrected chi connectivity index (χ3v) is 7.49. The number of cyclic esters (lactones) is 1. The molecule has 7 heteroatoms. The maximum atomic E-state index is 13.5. The molecule has 1 saturated heterocycles. The minimum Gasteiger partial charge on any atom is -0.507 e. The first-order valence-electron chi connectivity index (χ1n) is 13.1. The Labute approximate surface area is 231 Å². The highest BCUT2D eigenvalue weighted by atomic mass is 19.4. The van der Waals surface area contributed by atoms with E-state index in [1.165, 1.54) is 4.90 Å². The second kappa shape index (κ2) is 10.4. The van der Waals surface area contributed by atoms with Gasteiger partial charge < -0.3 is 9.84 Å². The fourth-order valence-corrected chi connectivity index (χ4v) is 5.42. The van der Waals surface area contributed by atoms with E-state index < -0.39 is 30.0 Å². The van der Waals surface area contributed by atoms with Crippen LogP contribution in [-0.4, -0.2) is 22.1 Å². The Kier molecular flexibility index (Phi) is 7.08. The molecular weight excluding hydrogens is 515 g/mol. The predicted octanol–water partition coefficient (Wildman–Crippen LogP) is 8.75. The predicted molar refractivity (Wildman–Crippen MR) is 149 cm³/mol. The highest BCUT2D eigenvalue weighted by molar-refractivity contribution is 5.81. The van der Waals surface area contributed by atoms with Crippen LogP contribution in [0, 0.1) is 20.8 Å². The Balaban J connectivity index is 1.50. The van der Waals surface area contributed by atoms with Crippen LogP contribution in [-0.2, 0) is 17.5 Å². The van der Waals surface area contributed by atoms with Crippen molar-refractivity contribution in [3.8, 4) is 28.0 Å². The van der Waals surface area contributed by atoms with Crippen molar-refractivity contribution in [2.45, 2.75) is 52.6 Å². The summed E-state index contributed by atoms with van der Waals surface area (Å²) in [4.78, 5) is 14.6. The summed E-state index contributed by atoms with van der Waals surface area (Å²) in [5.41, 5.74) is 6.24. The Morgan fingerprint density at radius 2 is 1.60 bits per heavy atom. The maximum Gasteiger partial charge on any atom is 0.416 e. The smallest absolute Gasteiger partial charge is 0.416 e. The number of ether oxygens (including phenoxy) is 1. The number of nitrogens with zero attached hydrogens (tertiary/aromatic N) is 1. The summed E-state index contributed by atoms with van der Waals surface area (Å²) >= 11 is 0. The quantitative estimate of drug-likeness (QED) is 0.273. The number of hydrogen-bond acceptors (Lipinski definition) is 3. The van der Waals surface area contributed by atoms with Gasteiger partial charge in [-0.05, 0) is 85.3 Å². The molecule has 1 amide bonds. The van der Waals surface area contributed by atoms with E-state index in [9.17, 15) is 23.1 Å². The van der Waals surface area contributed by atoms with E-state index in [2.05, 4.69) is 0 Å². The lowest BCUT2D eigenvalue weighted by atomic mass is 9.92. The van der Waals surface area contributed by atoms with E-state index in [0.717, 1.165) is 45.5 Å². The van der Waals surface area contributed by atoms with Crippen LogP contribution < -0.4 is 0 Å². The number of carbonyl (C=O) groups excluding carboxylic acids is 1. The highest BCUT2D eigenvalue weighted by Crippen LogP contribution is 2.40. The lowest BCUT2D eigenvalue weighted by molar-refractivity contribution is -0.137. The Hall–Kier alpha value is -4.26. The van der Waals surface area contributed by atoms with Crippen molar-refractivity contribution in [3.63, 3.8) is 0 Å². The van der Waals surface area contributed by atoms with Crippen molar-refractivity contribution in [1.82, 2.24) is 4.90 Å². The molecule has 0 radical (unpaired) electrons. The molecule has 4 aromatic carbocycles. The average Bonchev–Trinajstić information content (AvgIpc) is 3.17. The third-order valence-electron chi connectivity index (χ3n) is 7.49. The standard InChI is InChI=1S/C33H30F3NO3/c1-19-9-11-28(29-17-23(10-12-30(29)38)27-8-6-5-7-21(27)3)25(13-19)18-37-22(4)31(40-32(37)39)24-14-20(2)15-26(16-24)33(34,35)36/h5-17,22,31,38H,18H2,1-4H3/t22-,31-/m0/s1. The van der Waals surface area contributed by atoms with Crippen molar-refractivity contribution >= 4 is 6.09 Å². The Morgan fingerprint density at radius 3 is 2.33 bits per heavy atom. The van der Waals surface area contributed by atoms with Gasteiger partial charge in [0.1, 0.15) is 11.9 Å². The Bertz CT molecular complexity index is 1590. The van der Waals surface area contributed by atoms with Crippen LogP contribution in [0.15, 0.2) is 78.9 Å². The molecule has 0 spiro atoms. The van der Waals surface area contributed by atoms with Gasteiger partial charge in [0.05, 0.1) is 18.2 Å². The summed E-state index contributed by atoms with van der Waals surface area (Å²) in [6.45, 7) is 7.50. The van der Waals surface area contributed by atoms with Gasteiger partial charge in [-0.3, -0.25) is 4.90 Å². The number of aromatic hydroxyl groups is 1. The Morgan fingerprint density at radius 1 is 0.850 bits per heavy atom. The molecule has 40 heavy (non-hydrogen) atoms. The van der Waals surface area contributed by atoms with E-state index in [4.69, 9.17) is 4.74 Å². The molecule has 0 unspecified atom stereocenters. The minimum absolute atomic E-state index is 0.108. The normalized spacial score (nSPS) is 17.3. The van der Waals surface area contributed by atoms with E-state index >= 15 is 0 Å². The zero-order valence-corrected chi connectivity index (χ0v) is 22.7. The topological polar surface area (TPSA) is 49.8 Å². The summed E-state index contributed by atoms with van der Waals surface area (Å²) in [6.07, 6.45) is -5.95. The van der Waals surface area contributed by atoms with E-state index in [1.54, 1.807) is 26.0 Å². The van der Waals surface area contributed by atoms with Crippen molar-refractivity contribution in [3.05, 3.63) is 112 Å². The number of aryl methyl sites for hydroxylation is 3. The maximum absolute atomic E-state index is 13.5. The van der Waals surface area contributed by atoms with Crippen LogP contribution in [0.2, 0.25) is 0 Å². The van der Waals surface area contributed by atoms with Crippen molar-refractivity contribution < 1.29 is 27.8 Å². The first kappa shape index (κ1) is 27.3. The minimum atomic E-state index is -4.50. The van der Waals surface area contributed by atoms with Crippen molar-refractivity contribution in [1.29, 1.82) is 0 Å². The molecular formula is C33H30F3NO3. The molecule has 1 heterocycles. The van der Waals surface area contributed by atoms with Crippen molar-refractivity contribution in [2.75, 3.05) is 0 Å². The number of rotatable bonds is 5. The summed E-state index contributed by atoms with van der Waals surface area (Å²) in [5.74, 6) is 0.108. The molecule has 1 aliphatic heterocycles. The van der Waals surface area contributed by atoms with Crippen LogP contribution in [0.3, 0.4) is 0 Å². The van der Waals surface area contributed by atoms with Gasteiger partial charge in [0.25, 0.3) is 0 Å². The fraction of sp³-hybridized carbons (Fsp3) is 0.242. The largest absolute Gasteiger partial charge is 0.507 e. The lowest BCUT2D eigenvalue weighted by Gasteiger charge is -2.23.